The summed E-state index contributed by atoms with van der Waals surface area (Å²) < 4.78 is 10.9. The van der Waals surface area contributed by atoms with Crippen LogP contribution in [0.4, 0.5) is 5.69 Å². The van der Waals surface area contributed by atoms with E-state index in [9.17, 15) is 4.79 Å². The van der Waals surface area contributed by atoms with Crippen molar-refractivity contribution in [3.05, 3.63) is 64.8 Å². The number of benzene rings is 2. The van der Waals surface area contributed by atoms with Crippen LogP contribution in [0.3, 0.4) is 0 Å². The number of carbonyl (C=O) groups excluding carboxylic acids is 1. The number of nitrogens with two attached hydrogens (primary N) is 1. The number of hydrogen-bond donors (Lipinski definition) is 2. The molecule has 3 N–H and O–H groups in total. The number of nitrogens with zero attached hydrogens (tertiary/aromatic N) is 1. The van der Waals surface area contributed by atoms with Crippen molar-refractivity contribution in [1.29, 1.82) is 0 Å². The third kappa shape index (κ3) is 4.91. The van der Waals surface area contributed by atoms with Crippen LogP contribution < -0.4 is 15.8 Å². The van der Waals surface area contributed by atoms with E-state index in [1.807, 2.05) is 44.2 Å². The van der Waals surface area contributed by atoms with Gasteiger partial charge in [-0.25, -0.2) is 0 Å². The van der Waals surface area contributed by atoms with Gasteiger partial charge in [-0.05, 0) is 62.7 Å². The highest BCUT2D eigenvalue weighted by molar-refractivity contribution is 6.32. The topological polar surface area (TPSA) is 90.4 Å². The zero-order valence-corrected chi connectivity index (χ0v) is 16.5. The van der Waals surface area contributed by atoms with Crippen molar-refractivity contribution in [2.45, 2.75) is 26.4 Å². The van der Waals surface area contributed by atoms with E-state index in [2.05, 4.69) is 10.5 Å². The first-order valence-electron chi connectivity index (χ1n) is 9.00. The Hall–Kier alpha value is -2.83. The van der Waals surface area contributed by atoms with E-state index >= 15 is 0 Å². The Morgan fingerprint density at radius 3 is 2.61 bits per heavy atom. The third-order valence-electron chi connectivity index (χ3n) is 3.97. The van der Waals surface area contributed by atoms with Gasteiger partial charge in [-0.2, -0.15) is 0 Å². The largest absolute Gasteiger partial charge is 0.489 e. The summed E-state index contributed by atoms with van der Waals surface area (Å²) >= 11 is 6.26. The second-order valence-electron chi connectivity index (χ2n) is 6.58. The number of amides is 1. The molecular formula is C21H22ClN3O3. The van der Waals surface area contributed by atoms with Gasteiger partial charge in [-0.1, -0.05) is 28.9 Å². The Balaban J connectivity index is 1.71. The predicted octanol–water partition coefficient (Wildman–Crippen LogP) is 4.54. The van der Waals surface area contributed by atoms with Crippen molar-refractivity contribution in [3.8, 4) is 17.1 Å². The van der Waals surface area contributed by atoms with Crippen LogP contribution in [-0.2, 0) is 6.42 Å². The van der Waals surface area contributed by atoms with Gasteiger partial charge in [0.25, 0.3) is 5.91 Å². The standard InChI is InChI=1S/C21H22ClN3O3/c1-13(2)27-19-8-5-15(11-17(19)22)20-12-18(25-28-20)21(26)24-16-6-3-14(4-7-16)9-10-23/h3-8,11-13H,9-10,23H2,1-2H3,(H,24,26). The number of nitrogens with one attached hydrogen (secondary N) is 1. The van der Waals surface area contributed by atoms with Crippen LogP contribution in [-0.4, -0.2) is 23.7 Å². The van der Waals surface area contributed by atoms with E-state index in [1.54, 1.807) is 18.2 Å². The fraction of sp³-hybridized carbons (Fsp3) is 0.238. The van der Waals surface area contributed by atoms with Crippen molar-refractivity contribution in [2.24, 2.45) is 5.73 Å². The second kappa shape index (κ2) is 8.91. The summed E-state index contributed by atoms with van der Waals surface area (Å²) in [6.45, 7) is 4.44. The van der Waals surface area contributed by atoms with Crippen molar-refractivity contribution in [3.63, 3.8) is 0 Å². The molecule has 1 amide bonds. The molecule has 0 atom stereocenters. The van der Waals surface area contributed by atoms with Gasteiger partial charge in [-0.3, -0.25) is 4.79 Å². The van der Waals surface area contributed by atoms with Crippen molar-refractivity contribution in [1.82, 2.24) is 5.16 Å². The normalized spacial score (nSPS) is 10.9. The van der Waals surface area contributed by atoms with Gasteiger partial charge in [0.2, 0.25) is 0 Å². The van der Waals surface area contributed by atoms with E-state index in [0.717, 1.165) is 12.0 Å². The summed E-state index contributed by atoms with van der Waals surface area (Å²) in [5.74, 6) is 0.685. The Labute approximate surface area is 168 Å². The molecular weight excluding hydrogens is 378 g/mol. The van der Waals surface area contributed by atoms with E-state index in [0.29, 0.717) is 34.3 Å². The molecule has 0 spiro atoms. The molecule has 0 saturated heterocycles. The fourth-order valence-corrected chi connectivity index (χ4v) is 2.86. The Morgan fingerprint density at radius 1 is 1.21 bits per heavy atom. The van der Waals surface area contributed by atoms with Crippen LogP contribution in [0.25, 0.3) is 11.3 Å². The van der Waals surface area contributed by atoms with Crippen LogP contribution in [0.2, 0.25) is 5.02 Å². The quantitative estimate of drug-likeness (QED) is 0.608. The average molecular weight is 400 g/mol. The van der Waals surface area contributed by atoms with Crippen LogP contribution in [0, 0.1) is 0 Å². The van der Waals surface area contributed by atoms with Crippen LogP contribution in [0.5, 0.6) is 5.75 Å². The summed E-state index contributed by atoms with van der Waals surface area (Å²) in [5.41, 5.74) is 8.22. The summed E-state index contributed by atoms with van der Waals surface area (Å²) in [6, 6.07) is 14.4. The van der Waals surface area contributed by atoms with Crippen LogP contribution in [0.15, 0.2) is 53.1 Å². The molecule has 7 heteroatoms. The van der Waals surface area contributed by atoms with Gasteiger partial charge in [0.05, 0.1) is 11.1 Å². The Kier molecular flexibility index (Phi) is 6.34. The minimum Gasteiger partial charge on any atom is -0.489 e. The smallest absolute Gasteiger partial charge is 0.277 e. The van der Waals surface area contributed by atoms with Crippen LogP contribution in [0.1, 0.15) is 29.9 Å². The highest BCUT2D eigenvalue weighted by atomic mass is 35.5. The zero-order chi connectivity index (χ0) is 20.1. The number of halogens is 1. The van der Waals surface area contributed by atoms with Gasteiger partial charge in [0, 0.05) is 17.3 Å². The lowest BCUT2D eigenvalue weighted by molar-refractivity contribution is 0.101. The van der Waals surface area contributed by atoms with E-state index < -0.39 is 0 Å². The molecule has 3 aromatic rings. The molecule has 0 bridgehead atoms. The number of anilines is 1. The molecule has 0 radical (unpaired) electrons. The highest BCUT2D eigenvalue weighted by Crippen LogP contribution is 2.31. The lowest BCUT2D eigenvalue weighted by Gasteiger charge is -2.11. The molecule has 6 nitrogen and oxygen atoms in total. The lowest BCUT2D eigenvalue weighted by Crippen LogP contribution is -2.12. The number of aromatic nitrogens is 1. The van der Waals surface area contributed by atoms with E-state index in [4.69, 9.17) is 26.6 Å². The maximum absolute atomic E-state index is 12.4. The summed E-state index contributed by atoms with van der Waals surface area (Å²) in [4.78, 5) is 12.4. The Morgan fingerprint density at radius 2 is 1.96 bits per heavy atom. The molecule has 3 rings (SSSR count). The molecule has 146 valence electrons. The summed E-state index contributed by atoms with van der Waals surface area (Å²) in [7, 11) is 0. The van der Waals surface area contributed by atoms with Gasteiger partial charge < -0.3 is 20.3 Å². The molecule has 0 saturated carbocycles. The third-order valence-corrected chi connectivity index (χ3v) is 4.26. The average Bonchev–Trinajstić information content (AvgIpc) is 3.15. The van der Waals surface area contributed by atoms with E-state index in [1.165, 1.54) is 0 Å². The molecule has 0 aliphatic carbocycles. The minimum absolute atomic E-state index is 0.0216. The number of carbonyl (C=O) groups is 1. The monoisotopic (exact) mass is 399 g/mol. The molecule has 0 aliphatic heterocycles. The molecule has 28 heavy (non-hydrogen) atoms. The van der Waals surface area contributed by atoms with Crippen LogP contribution >= 0.6 is 11.6 Å². The zero-order valence-electron chi connectivity index (χ0n) is 15.7. The van der Waals surface area contributed by atoms with Gasteiger partial charge in [0.1, 0.15) is 5.75 Å². The Bertz CT molecular complexity index is 952. The molecule has 0 aliphatic rings. The van der Waals surface area contributed by atoms with Gasteiger partial charge in [0.15, 0.2) is 11.5 Å². The maximum atomic E-state index is 12.4. The summed E-state index contributed by atoms with van der Waals surface area (Å²) in [6.07, 6.45) is 0.818. The molecule has 1 aromatic heterocycles. The lowest BCUT2D eigenvalue weighted by atomic mass is 10.1. The SMILES string of the molecule is CC(C)Oc1ccc(-c2cc(C(=O)Nc3ccc(CCN)cc3)no2)cc1Cl. The number of hydrogen-bond acceptors (Lipinski definition) is 5. The molecule has 1 heterocycles. The first-order chi connectivity index (χ1) is 13.5. The number of rotatable bonds is 7. The number of ether oxygens (including phenoxy) is 1. The fourth-order valence-electron chi connectivity index (χ4n) is 2.64. The molecule has 0 fully saturated rings. The van der Waals surface area contributed by atoms with Crippen molar-refractivity contribution < 1.29 is 14.1 Å². The first-order valence-corrected chi connectivity index (χ1v) is 9.37. The van der Waals surface area contributed by atoms with Gasteiger partial charge in [-0.15, -0.1) is 0 Å². The van der Waals surface area contributed by atoms with Crippen molar-refractivity contribution >= 4 is 23.2 Å². The second-order valence-corrected chi connectivity index (χ2v) is 6.99. The van der Waals surface area contributed by atoms with Gasteiger partial charge >= 0.3 is 0 Å². The predicted molar refractivity (Wildman–Crippen MR) is 110 cm³/mol. The minimum atomic E-state index is -0.354. The highest BCUT2D eigenvalue weighted by Gasteiger charge is 2.15. The maximum Gasteiger partial charge on any atom is 0.277 e. The first kappa shape index (κ1) is 19.9. The molecule has 2 aromatic carbocycles. The molecule has 0 unspecified atom stereocenters. The van der Waals surface area contributed by atoms with Crippen molar-refractivity contribution in [2.75, 3.05) is 11.9 Å². The summed E-state index contributed by atoms with van der Waals surface area (Å²) in [5, 5.41) is 7.12. The van der Waals surface area contributed by atoms with E-state index in [-0.39, 0.29) is 17.7 Å².